The van der Waals surface area contributed by atoms with Crippen LogP contribution in [0.1, 0.15) is 71.3 Å². The smallest absolute Gasteiger partial charge is 0.339 e. The Kier molecular flexibility index (Phi) is 8.35. The Balaban J connectivity index is 1.71. The Hall–Kier alpha value is -3.44. The summed E-state index contributed by atoms with van der Waals surface area (Å²) in [7, 11) is -2.81. The highest BCUT2D eigenvalue weighted by atomic mass is 79.9. The summed E-state index contributed by atoms with van der Waals surface area (Å²) in [5.74, 6) is -1.86. The number of rotatable bonds is 8. The molecule has 0 bridgehead atoms. The quantitative estimate of drug-likeness (QED) is 0.315. The summed E-state index contributed by atoms with van der Waals surface area (Å²) in [6.45, 7) is 8.19. The first kappa shape index (κ1) is 32.0. The van der Waals surface area contributed by atoms with Crippen LogP contribution in [-0.2, 0) is 24.5 Å². The van der Waals surface area contributed by atoms with Crippen LogP contribution in [0.3, 0.4) is 0 Å². The van der Waals surface area contributed by atoms with Crippen LogP contribution in [0.15, 0.2) is 74.4 Å². The van der Waals surface area contributed by atoms with E-state index in [1.807, 2.05) is 32.6 Å². The molecule has 9 nitrogen and oxygen atoms in total. The van der Waals surface area contributed by atoms with E-state index in [4.69, 9.17) is 8.92 Å². The van der Waals surface area contributed by atoms with Crippen molar-refractivity contribution >= 4 is 43.6 Å². The molecule has 0 spiro atoms. The predicted molar refractivity (Wildman–Crippen MR) is 167 cm³/mol. The highest BCUT2D eigenvalue weighted by molar-refractivity contribution is 9.10. The number of carboxylic acids is 1. The van der Waals surface area contributed by atoms with Gasteiger partial charge >= 0.3 is 16.1 Å². The van der Waals surface area contributed by atoms with Crippen molar-refractivity contribution in [2.45, 2.75) is 70.6 Å². The van der Waals surface area contributed by atoms with E-state index in [1.54, 1.807) is 30.3 Å². The first-order chi connectivity index (χ1) is 20.5. The fraction of sp³-hybridized carbons (Fsp3) is 0.424. The minimum absolute atomic E-state index is 0.0257. The molecule has 44 heavy (non-hydrogen) atoms. The van der Waals surface area contributed by atoms with Crippen molar-refractivity contribution in [3.63, 3.8) is 0 Å². The highest BCUT2D eigenvalue weighted by Gasteiger charge is 2.49. The van der Waals surface area contributed by atoms with Crippen LogP contribution in [-0.4, -0.2) is 49.6 Å². The fourth-order valence-corrected chi connectivity index (χ4v) is 8.22. The second kappa shape index (κ2) is 11.5. The number of hydrogen-bond donors (Lipinski definition) is 1. The predicted octanol–water partition coefficient (Wildman–Crippen LogP) is 6.39. The number of ether oxygens (including phenoxy) is 1. The lowest BCUT2D eigenvalue weighted by atomic mass is 9.63. The molecule has 0 aromatic heterocycles. The van der Waals surface area contributed by atoms with Gasteiger partial charge in [0.1, 0.15) is 4.90 Å². The van der Waals surface area contributed by atoms with Crippen LogP contribution in [0.4, 0.5) is 0 Å². The number of allylic oxidation sites excluding steroid dienone is 4. The number of ketones is 2. The Bertz CT molecular complexity index is 1670. The number of carbonyl (C=O) groups excluding carboxylic acids is 2. The van der Waals surface area contributed by atoms with Gasteiger partial charge in [-0.2, -0.15) is 8.42 Å². The van der Waals surface area contributed by atoms with E-state index in [0.29, 0.717) is 29.6 Å². The maximum Gasteiger partial charge on any atom is 0.339 e. The Labute approximate surface area is 266 Å². The number of methoxy groups -OCH3 is 1. The van der Waals surface area contributed by atoms with Gasteiger partial charge in [-0.15, -0.1) is 0 Å². The van der Waals surface area contributed by atoms with Crippen LogP contribution in [0.5, 0.6) is 11.5 Å². The molecule has 0 saturated carbocycles. The van der Waals surface area contributed by atoms with Crippen LogP contribution >= 0.6 is 15.9 Å². The summed E-state index contributed by atoms with van der Waals surface area (Å²) in [6, 6.07) is 11.0. The summed E-state index contributed by atoms with van der Waals surface area (Å²) in [5.41, 5.74) is 2.26. The number of Topliss-reactive ketones (excluding diaryl/α,β-unsaturated/α-hetero) is 2. The molecule has 0 amide bonds. The zero-order valence-corrected chi connectivity index (χ0v) is 27.8. The lowest BCUT2D eigenvalue weighted by molar-refractivity contribution is -0.137. The molecule has 1 N–H and O–H groups in total. The first-order valence-corrected chi connectivity index (χ1v) is 16.6. The molecule has 0 saturated heterocycles. The molecular formula is C33H36BrNO8S. The number of carbonyl (C=O) groups is 3. The lowest BCUT2D eigenvalue weighted by Gasteiger charge is -2.49. The van der Waals surface area contributed by atoms with E-state index in [2.05, 4.69) is 15.9 Å². The van der Waals surface area contributed by atoms with Gasteiger partial charge in [0, 0.05) is 47.8 Å². The van der Waals surface area contributed by atoms with Crippen molar-refractivity contribution in [3.05, 3.63) is 75.0 Å². The van der Waals surface area contributed by atoms with Gasteiger partial charge in [-0.25, -0.2) is 0 Å². The second-order valence-electron chi connectivity index (χ2n) is 13.2. The third kappa shape index (κ3) is 6.08. The maximum absolute atomic E-state index is 14.0. The molecule has 2 aromatic carbocycles. The number of halogens is 1. The standard InChI is InChI=1S/C33H36BrNO8S/c1-32(2)15-22-29(24(36)17-32)28(30-23(35(22)12-11-27(38)39)16-33(3,4)18-25(30)37)19-13-21(34)31(26(14-19)42-5)43-44(40,41)20-9-7-6-8-10-20/h6-10,13-14,28H,11-12,15-18H2,1-5H3,(H,38,39). The van der Waals surface area contributed by atoms with Crippen molar-refractivity contribution in [1.82, 2.24) is 4.90 Å². The Morgan fingerprint density at radius 3 is 2.00 bits per heavy atom. The Morgan fingerprint density at radius 1 is 0.955 bits per heavy atom. The molecule has 1 aliphatic heterocycles. The van der Waals surface area contributed by atoms with Crippen molar-refractivity contribution in [2.75, 3.05) is 13.7 Å². The van der Waals surface area contributed by atoms with Crippen molar-refractivity contribution in [3.8, 4) is 11.5 Å². The number of aliphatic carboxylic acids is 1. The summed E-state index contributed by atoms with van der Waals surface area (Å²) >= 11 is 3.48. The highest BCUT2D eigenvalue weighted by Crippen LogP contribution is 2.55. The Morgan fingerprint density at radius 2 is 1.50 bits per heavy atom. The van der Waals surface area contributed by atoms with Crippen LogP contribution in [0.25, 0.3) is 0 Å². The van der Waals surface area contributed by atoms with Crippen LogP contribution in [0.2, 0.25) is 0 Å². The molecule has 234 valence electrons. The second-order valence-corrected chi connectivity index (χ2v) is 15.6. The van der Waals surface area contributed by atoms with Crippen molar-refractivity contribution in [2.24, 2.45) is 10.8 Å². The minimum atomic E-state index is -4.20. The van der Waals surface area contributed by atoms with Gasteiger partial charge in [0.15, 0.2) is 23.1 Å². The number of benzene rings is 2. The van der Waals surface area contributed by atoms with E-state index in [1.165, 1.54) is 19.2 Å². The molecule has 3 aliphatic rings. The molecule has 0 atom stereocenters. The minimum Gasteiger partial charge on any atom is -0.493 e. The number of nitrogens with zero attached hydrogens (tertiary/aromatic N) is 1. The molecule has 0 radical (unpaired) electrons. The summed E-state index contributed by atoms with van der Waals surface area (Å²) in [4.78, 5) is 41.6. The van der Waals surface area contributed by atoms with E-state index in [0.717, 1.165) is 11.4 Å². The molecule has 0 unspecified atom stereocenters. The SMILES string of the molecule is COc1cc(C2C3=C(CC(C)(C)CC3=O)N(CCC(=O)O)C3=C2C(=O)CC(C)(C)C3)cc(Br)c1OS(=O)(=O)c1ccccc1. The normalized spacial score (nSPS) is 19.9. The molecule has 1 heterocycles. The third-order valence-electron chi connectivity index (χ3n) is 8.38. The molecular weight excluding hydrogens is 650 g/mol. The molecule has 2 aliphatic carbocycles. The summed E-state index contributed by atoms with van der Waals surface area (Å²) in [6.07, 6.45) is 1.45. The van der Waals surface area contributed by atoms with Gasteiger partial charge in [0.05, 0.1) is 18.0 Å². The monoisotopic (exact) mass is 685 g/mol. The van der Waals surface area contributed by atoms with Crippen LogP contribution in [0, 0.1) is 10.8 Å². The van der Waals surface area contributed by atoms with Gasteiger partial charge < -0.3 is 18.9 Å². The average Bonchev–Trinajstić information content (AvgIpc) is 2.91. The lowest BCUT2D eigenvalue weighted by Crippen LogP contribution is -2.45. The van der Waals surface area contributed by atoms with Gasteiger partial charge in [-0.05, 0) is 69.4 Å². The van der Waals surface area contributed by atoms with Crippen molar-refractivity contribution in [1.29, 1.82) is 0 Å². The zero-order chi connectivity index (χ0) is 32.2. The number of hydrogen-bond acceptors (Lipinski definition) is 8. The van der Waals surface area contributed by atoms with Gasteiger partial charge in [-0.1, -0.05) is 45.9 Å². The molecule has 5 rings (SSSR count). The molecule has 2 aromatic rings. The van der Waals surface area contributed by atoms with Gasteiger partial charge in [-0.3, -0.25) is 14.4 Å². The van der Waals surface area contributed by atoms with Gasteiger partial charge in [0.25, 0.3) is 0 Å². The summed E-state index contributed by atoms with van der Waals surface area (Å²) in [5, 5.41) is 9.58. The molecule has 0 fully saturated rings. The first-order valence-electron chi connectivity index (χ1n) is 14.4. The average molecular weight is 687 g/mol. The zero-order valence-electron chi connectivity index (χ0n) is 25.4. The fourth-order valence-electron chi connectivity index (χ4n) is 6.59. The molecule has 11 heteroatoms. The van der Waals surface area contributed by atoms with Gasteiger partial charge in [0.2, 0.25) is 0 Å². The summed E-state index contributed by atoms with van der Waals surface area (Å²) < 4.78 is 37.6. The van der Waals surface area contributed by atoms with E-state index in [-0.39, 0.29) is 69.1 Å². The van der Waals surface area contributed by atoms with E-state index >= 15 is 0 Å². The van der Waals surface area contributed by atoms with Crippen molar-refractivity contribution < 1.29 is 36.8 Å². The maximum atomic E-state index is 14.0. The number of carboxylic acid groups (broad SMARTS) is 1. The topological polar surface area (TPSA) is 127 Å². The largest absolute Gasteiger partial charge is 0.493 e. The van der Waals surface area contributed by atoms with Crippen LogP contribution < -0.4 is 8.92 Å². The third-order valence-corrected chi connectivity index (χ3v) is 10.2. The van der Waals surface area contributed by atoms with E-state index < -0.39 is 22.0 Å². The van der Waals surface area contributed by atoms with E-state index in [9.17, 15) is 27.9 Å².